The Morgan fingerprint density at radius 3 is 2.38 bits per heavy atom. The molecule has 21 heavy (non-hydrogen) atoms. The van der Waals surface area contributed by atoms with Gasteiger partial charge < -0.3 is 4.90 Å². The summed E-state index contributed by atoms with van der Waals surface area (Å²) in [5, 5.41) is 0. The van der Waals surface area contributed by atoms with Gasteiger partial charge in [-0.3, -0.25) is 4.90 Å². The van der Waals surface area contributed by atoms with Gasteiger partial charge in [-0.15, -0.1) is 0 Å². The third-order valence-electron chi connectivity index (χ3n) is 5.29. The molecular formula is C19H30N2. The van der Waals surface area contributed by atoms with Crippen LogP contribution in [0.25, 0.3) is 0 Å². The lowest BCUT2D eigenvalue weighted by Gasteiger charge is -2.51. The standard InChI is InChI=1S/C19H30N2/c1-14(2)19-13-20-8-6-5-7-17(20)12-21(19)18-10-15(3)9-16(4)11-18/h9-11,14,17,19H,5-8,12-13H2,1-4H3. The molecule has 2 aliphatic rings. The number of piperazine rings is 1. The Morgan fingerprint density at radius 2 is 1.71 bits per heavy atom. The molecule has 0 spiro atoms. The summed E-state index contributed by atoms with van der Waals surface area (Å²) >= 11 is 0. The maximum absolute atomic E-state index is 2.76. The highest BCUT2D eigenvalue weighted by molar-refractivity contribution is 5.52. The number of piperidine rings is 1. The molecule has 0 aromatic heterocycles. The zero-order chi connectivity index (χ0) is 15.0. The average molecular weight is 286 g/mol. The van der Waals surface area contributed by atoms with Gasteiger partial charge in [-0.1, -0.05) is 26.3 Å². The zero-order valence-electron chi connectivity index (χ0n) is 14.1. The topological polar surface area (TPSA) is 6.48 Å². The van der Waals surface area contributed by atoms with Crippen LogP contribution >= 0.6 is 0 Å². The molecule has 0 N–H and O–H groups in total. The Hall–Kier alpha value is -1.02. The van der Waals surface area contributed by atoms with Crippen LogP contribution in [0, 0.1) is 19.8 Å². The van der Waals surface area contributed by atoms with Crippen LogP contribution in [0.3, 0.4) is 0 Å². The molecule has 0 amide bonds. The number of aryl methyl sites for hydroxylation is 2. The van der Waals surface area contributed by atoms with E-state index in [1.807, 2.05) is 0 Å². The van der Waals surface area contributed by atoms with Gasteiger partial charge in [0.2, 0.25) is 0 Å². The molecule has 2 saturated heterocycles. The lowest BCUT2D eigenvalue weighted by molar-refractivity contribution is 0.100. The second-order valence-corrected chi connectivity index (χ2v) is 7.45. The maximum Gasteiger partial charge on any atom is 0.0440 e. The number of hydrogen-bond acceptors (Lipinski definition) is 2. The smallest absolute Gasteiger partial charge is 0.0440 e. The third kappa shape index (κ3) is 3.11. The quantitative estimate of drug-likeness (QED) is 0.810. The second kappa shape index (κ2) is 6.00. The molecule has 3 rings (SSSR count). The number of fused-ring (bicyclic) bond motifs is 1. The molecule has 2 unspecified atom stereocenters. The van der Waals surface area contributed by atoms with Gasteiger partial charge in [0.1, 0.15) is 0 Å². The van der Waals surface area contributed by atoms with Gasteiger partial charge in [0.25, 0.3) is 0 Å². The maximum atomic E-state index is 2.76. The highest BCUT2D eigenvalue weighted by Crippen LogP contribution is 2.31. The molecule has 0 bridgehead atoms. The Labute approximate surface area is 130 Å². The van der Waals surface area contributed by atoms with E-state index in [2.05, 4.69) is 55.7 Å². The number of nitrogens with zero attached hydrogens (tertiary/aromatic N) is 2. The summed E-state index contributed by atoms with van der Waals surface area (Å²) in [5.74, 6) is 0.702. The molecular weight excluding hydrogens is 256 g/mol. The first kappa shape index (κ1) is 14.9. The molecule has 0 radical (unpaired) electrons. The van der Waals surface area contributed by atoms with Crippen molar-refractivity contribution in [3.63, 3.8) is 0 Å². The van der Waals surface area contributed by atoms with Crippen molar-refractivity contribution in [2.24, 2.45) is 5.92 Å². The largest absolute Gasteiger partial charge is 0.365 e. The van der Waals surface area contributed by atoms with E-state index in [1.54, 1.807) is 0 Å². The van der Waals surface area contributed by atoms with Crippen LogP contribution < -0.4 is 4.90 Å². The van der Waals surface area contributed by atoms with Crippen molar-refractivity contribution in [1.82, 2.24) is 4.90 Å². The van der Waals surface area contributed by atoms with E-state index in [1.165, 1.54) is 55.7 Å². The molecule has 2 aliphatic heterocycles. The van der Waals surface area contributed by atoms with Crippen LogP contribution in [-0.4, -0.2) is 36.6 Å². The van der Waals surface area contributed by atoms with Crippen molar-refractivity contribution >= 4 is 5.69 Å². The summed E-state index contributed by atoms with van der Waals surface area (Å²) in [5.41, 5.74) is 4.22. The van der Waals surface area contributed by atoms with Gasteiger partial charge in [0, 0.05) is 30.9 Å². The van der Waals surface area contributed by atoms with Crippen LogP contribution in [-0.2, 0) is 0 Å². The van der Waals surface area contributed by atoms with Crippen LogP contribution in [0.5, 0.6) is 0 Å². The first-order valence-corrected chi connectivity index (χ1v) is 8.63. The zero-order valence-corrected chi connectivity index (χ0v) is 14.1. The SMILES string of the molecule is Cc1cc(C)cc(N2CC3CCCCN3CC2C(C)C)c1. The van der Waals surface area contributed by atoms with Crippen molar-refractivity contribution in [2.45, 2.75) is 59.0 Å². The average Bonchev–Trinajstić information content (AvgIpc) is 2.44. The van der Waals surface area contributed by atoms with Crippen molar-refractivity contribution in [2.75, 3.05) is 24.5 Å². The minimum absolute atomic E-state index is 0.653. The summed E-state index contributed by atoms with van der Waals surface area (Å²) < 4.78 is 0. The highest BCUT2D eigenvalue weighted by Gasteiger charge is 2.36. The van der Waals surface area contributed by atoms with Crippen LogP contribution in [0.15, 0.2) is 18.2 Å². The minimum Gasteiger partial charge on any atom is -0.365 e. The molecule has 2 heterocycles. The van der Waals surface area contributed by atoms with E-state index >= 15 is 0 Å². The molecule has 1 aromatic carbocycles. The van der Waals surface area contributed by atoms with E-state index in [-0.39, 0.29) is 0 Å². The van der Waals surface area contributed by atoms with Gasteiger partial charge in [0.05, 0.1) is 0 Å². The predicted molar refractivity (Wildman–Crippen MR) is 91.1 cm³/mol. The van der Waals surface area contributed by atoms with Gasteiger partial charge in [-0.25, -0.2) is 0 Å². The Morgan fingerprint density at radius 1 is 1.00 bits per heavy atom. The minimum atomic E-state index is 0.653. The van der Waals surface area contributed by atoms with Gasteiger partial charge in [-0.05, 0) is 62.4 Å². The summed E-state index contributed by atoms with van der Waals surface area (Å²) in [4.78, 5) is 5.46. The highest BCUT2D eigenvalue weighted by atomic mass is 15.3. The molecule has 0 aliphatic carbocycles. The third-order valence-corrected chi connectivity index (χ3v) is 5.29. The van der Waals surface area contributed by atoms with Crippen molar-refractivity contribution in [1.29, 1.82) is 0 Å². The van der Waals surface area contributed by atoms with Crippen molar-refractivity contribution in [3.8, 4) is 0 Å². The van der Waals surface area contributed by atoms with Gasteiger partial charge >= 0.3 is 0 Å². The van der Waals surface area contributed by atoms with E-state index in [9.17, 15) is 0 Å². The number of benzene rings is 1. The van der Waals surface area contributed by atoms with E-state index < -0.39 is 0 Å². The van der Waals surface area contributed by atoms with Crippen molar-refractivity contribution in [3.05, 3.63) is 29.3 Å². The van der Waals surface area contributed by atoms with E-state index in [4.69, 9.17) is 0 Å². The first-order valence-electron chi connectivity index (χ1n) is 8.63. The molecule has 1 aromatic rings. The van der Waals surface area contributed by atoms with Crippen LogP contribution in [0.4, 0.5) is 5.69 Å². The number of anilines is 1. The molecule has 0 saturated carbocycles. The van der Waals surface area contributed by atoms with Gasteiger partial charge in [0.15, 0.2) is 0 Å². The molecule has 116 valence electrons. The Balaban J connectivity index is 1.89. The first-order chi connectivity index (χ1) is 10.0. The van der Waals surface area contributed by atoms with Crippen molar-refractivity contribution < 1.29 is 0 Å². The summed E-state index contributed by atoms with van der Waals surface area (Å²) in [6.45, 7) is 13.0. The lowest BCUT2D eigenvalue weighted by atomic mass is 9.91. The predicted octanol–water partition coefficient (Wildman–Crippen LogP) is 4.00. The summed E-state index contributed by atoms with van der Waals surface area (Å²) in [6.07, 6.45) is 4.19. The number of rotatable bonds is 2. The molecule has 2 nitrogen and oxygen atoms in total. The van der Waals surface area contributed by atoms with E-state index in [0.717, 1.165) is 6.04 Å². The normalized spacial score (nSPS) is 27.0. The fourth-order valence-electron chi connectivity index (χ4n) is 4.19. The molecule has 2 fully saturated rings. The lowest BCUT2D eigenvalue weighted by Crippen LogP contribution is -2.61. The fourth-order valence-corrected chi connectivity index (χ4v) is 4.19. The second-order valence-electron chi connectivity index (χ2n) is 7.45. The Bertz CT molecular complexity index is 474. The fraction of sp³-hybridized carbons (Fsp3) is 0.684. The van der Waals surface area contributed by atoms with Crippen LogP contribution in [0.2, 0.25) is 0 Å². The summed E-state index contributed by atoms with van der Waals surface area (Å²) in [6, 6.07) is 8.46. The monoisotopic (exact) mass is 286 g/mol. The molecule has 2 heteroatoms. The van der Waals surface area contributed by atoms with Crippen LogP contribution in [0.1, 0.15) is 44.2 Å². The molecule has 2 atom stereocenters. The Kier molecular flexibility index (Phi) is 4.26. The van der Waals surface area contributed by atoms with E-state index in [0.29, 0.717) is 12.0 Å². The van der Waals surface area contributed by atoms with Gasteiger partial charge in [-0.2, -0.15) is 0 Å². The number of hydrogen-bond donors (Lipinski definition) is 0. The summed E-state index contributed by atoms with van der Waals surface area (Å²) in [7, 11) is 0.